The Balaban J connectivity index is 0.000000310. The Bertz CT molecular complexity index is 217. The molecule has 0 saturated carbocycles. The van der Waals surface area contributed by atoms with Crippen LogP contribution in [0.4, 0.5) is 0 Å². The van der Waals surface area contributed by atoms with Crippen LogP contribution >= 0.6 is 0 Å². The average Bonchev–Trinajstić information content (AvgIpc) is 1.80. The molecule has 0 aliphatic heterocycles. The van der Waals surface area contributed by atoms with Crippen molar-refractivity contribution in [3.05, 3.63) is 0 Å². The number of aromatic nitrogens is 3. The third-order valence-electron chi connectivity index (χ3n) is 0.600. The molecule has 1 aromatic rings. The monoisotopic (exact) mass is 207 g/mol. The summed E-state index contributed by atoms with van der Waals surface area (Å²) in [5, 5.41) is 25.2. The maximum Gasteiger partial charge on any atom is 0.323 e. The predicted molar refractivity (Wildman–Crippen MR) is 44.8 cm³/mol. The second-order valence-electron chi connectivity index (χ2n) is 1.98. The molecule has 0 atom stereocenters. The normalized spacial score (nSPS) is 9.23. The van der Waals surface area contributed by atoms with E-state index in [2.05, 4.69) is 15.0 Å². The fraction of sp³-hybridized carbons (Fsp3) is 0.400. The highest BCUT2D eigenvalue weighted by Gasteiger charge is 1.99. The molecule has 0 amide bonds. The molecule has 0 spiro atoms. The topological polar surface area (TPSA) is 122 Å². The quantitative estimate of drug-likeness (QED) is 0.465. The lowest BCUT2D eigenvalue weighted by atomic mass is 10.9. The van der Waals surface area contributed by atoms with Gasteiger partial charge in [0.05, 0.1) is 12.5 Å². The first-order chi connectivity index (χ1) is 5.91. The molecule has 0 bridgehead atoms. The zero-order chi connectivity index (χ0) is 10.4. The van der Waals surface area contributed by atoms with Crippen LogP contribution in [0.2, 0.25) is 0 Å². The van der Waals surface area contributed by atoms with Crippen LogP contribution in [-0.2, 0) is 11.2 Å². The highest BCUT2D eigenvalue weighted by atomic mass is 32.2. The Morgan fingerprint density at radius 1 is 0.923 bits per heavy atom. The maximum absolute atomic E-state index is 9.56. The summed E-state index contributed by atoms with van der Waals surface area (Å²) in [6, 6.07) is -2.12. The summed E-state index contributed by atoms with van der Waals surface area (Å²) >= 11 is -0.611. The molecule has 0 saturated heterocycles. The van der Waals surface area contributed by atoms with E-state index in [0.717, 1.165) is 0 Å². The molecule has 13 heavy (non-hydrogen) atoms. The summed E-state index contributed by atoms with van der Waals surface area (Å²) in [7, 11) is 0. The summed E-state index contributed by atoms with van der Waals surface area (Å²) in [6.45, 7) is 0. The van der Waals surface area contributed by atoms with E-state index < -0.39 is 29.2 Å². The zero-order valence-corrected chi connectivity index (χ0v) is 7.82. The molecule has 1 aromatic heterocycles. The molecule has 0 aliphatic rings. The molecule has 0 radical (unpaired) electrons. The molecule has 0 aromatic carbocycles. The number of rotatable bonds is 0. The molecule has 1 heterocycles. The number of nitrogens with zero attached hydrogens (tertiary/aromatic N) is 3. The number of aromatic hydroxyl groups is 3. The van der Waals surface area contributed by atoms with Crippen molar-refractivity contribution >= 4 is 11.2 Å². The minimum Gasteiger partial charge on any atom is -0.617 e. The Kier molecular flexibility index (Phi) is 4.85. The van der Waals surface area contributed by atoms with Gasteiger partial charge in [0, 0.05) is 0 Å². The van der Waals surface area contributed by atoms with E-state index in [1.54, 1.807) is 12.5 Å². The molecular formula is C5H9N3O4S. The van der Waals surface area contributed by atoms with Crippen molar-refractivity contribution in [2.24, 2.45) is 0 Å². The van der Waals surface area contributed by atoms with Crippen LogP contribution in [0.1, 0.15) is 0 Å². The van der Waals surface area contributed by atoms with Gasteiger partial charge in [-0.25, -0.2) is 0 Å². The van der Waals surface area contributed by atoms with Crippen LogP contribution in [0.5, 0.6) is 18.0 Å². The Morgan fingerprint density at radius 3 is 1.23 bits per heavy atom. The number of hydrogen-bond acceptors (Lipinski definition) is 7. The summed E-state index contributed by atoms with van der Waals surface area (Å²) in [5.74, 6) is 0. The van der Waals surface area contributed by atoms with Gasteiger partial charge in [-0.2, -0.15) is 0 Å². The molecule has 0 unspecified atom stereocenters. The standard InChI is InChI=1S/C3H3N3O3.C2H6OS/c7-1-4-2(8)6-3(9)5-1;1-4(2)3/h(H3,4,5,6,7,8,9);1-2H3. The predicted octanol–water partition coefficient (Wildman–Crippen LogP) is -1.02. The van der Waals surface area contributed by atoms with Crippen molar-refractivity contribution in [1.29, 1.82) is 0 Å². The van der Waals surface area contributed by atoms with Crippen molar-refractivity contribution in [3.63, 3.8) is 0 Å². The first-order valence-corrected chi connectivity index (χ1v) is 4.96. The van der Waals surface area contributed by atoms with E-state index in [0.29, 0.717) is 0 Å². The van der Waals surface area contributed by atoms with Gasteiger partial charge >= 0.3 is 18.0 Å². The van der Waals surface area contributed by atoms with Crippen molar-refractivity contribution in [1.82, 2.24) is 15.0 Å². The third kappa shape index (κ3) is 7.09. The fourth-order valence-corrected chi connectivity index (χ4v) is 0.343. The number of hydrogen-bond donors (Lipinski definition) is 3. The van der Waals surface area contributed by atoms with E-state index in [-0.39, 0.29) is 0 Å². The Morgan fingerprint density at radius 2 is 1.08 bits per heavy atom. The lowest BCUT2D eigenvalue weighted by Crippen LogP contribution is -1.86. The van der Waals surface area contributed by atoms with Gasteiger partial charge < -0.3 is 19.9 Å². The molecular weight excluding hydrogens is 198 g/mol. The van der Waals surface area contributed by atoms with E-state index in [4.69, 9.17) is 15.3 Å². The summed E-state index contributed by atoms with van der Waals surface area (Å²) in [6.07, 6.45) is 3.28. The van der Waals surface area contributed by atoms with Crippen LogP contribution < -0.4 is 0 Å². The SMILES string of the molecule is C[S+](C)[O-].Oc1nc(O)nc(O)n1. The average molecular weight is 207 g/mol. The Hall–Kier alpha value is -1.28. The van der Waals surface area contributed by atoms with Gasteiger partial charge in [-0.05, 0) is 0 Å². The lowest BCUT2D eigenvalue weighted by Gasteiger charge is -1.90. The zero-order valence-electron chi connectivity index (χ0n) is 7.00. The van der Waals surface area contributed by atoms with Crippen LogP contribution in [0.3, 0.4) is 0 Å². The highest BCUT2D eigenvalue weighted by Crippen LogP contribution is 2.08. The molecule has 74 valence electrons. The molecule has 1 rings (SSSR count). The van der Waals surface area contributed by atoms with Gasteiger partial charge in [-0.15, -0.1) is 15.0 Å². The van der Waals surface area contributed by atoms with E-state index >= 15 is 0 Å². The summed E-state index contributed by atoms with van der Waals surface area (Å²) in [4.78, 5) is 8.89. The maximum atomic E-state index is 9.56. The van der Waals surface area contributed by atoms with E-state index in [9.17, 15) is 4.55 Å². The summed E-state index contributed by atoms with van der Waals surface area (Å²) < 4.78 is 9.56. The van der Waals surface area contributed by atoms with Gasteiger partial charge in [0.1, 0.15) is 0 Å². The molecule has 0 fully saturated rings. The van der Waals surface area contributed by atoms with Crippen molar-refractivity contribution in [3.8, 4) is 18.0 Å². The minimum absolute atomic E-state index is 0.611. The van der Waals surface area contributed by atoms with Crippen LogP contribution in [-0.4, -0.2) is 47.3 Å². The van der Waals surface area contributed by atoms with Crippen LogP contribution in [0.25, 0.3) is 0 Å². The summed E-state index contributed by atoms with van der Waals surface area (Å²) in [5.41, 5.74) is 0. The van der Waals surface area contributed by atoms with Gasteiger partial charge in [0.2, 0.25) is 0 Å². The van der Waals surface area contributed by atoms with Gasteiger partial charge in [-0.3, -0.25) is 0 Å². The lowest BCUT2D eigenvalue weighted by molar-refractivity contribution is 0.344. The fourth-order valence-electron chi connectivity index (χ4n) is 0.343. The van der Waals surface area contributed by atoms with E-state index in [1.165, 1.54) is 0 Å². The van der Waals surface area contributed by atoms with Crippen LogP contribution in [0.15, 0.2) is 0 Å². The largest absolute Gasteiger partial charge is 0.617 e. The third-order valence-corrected chi connectivity index (χ3v) is 0.600. The first-order valence-electron chi connectivity index (χ1n) is 3.00. The van der Waals surface area contributed by atoms with Gasteiger partial charge in [0.15, 0.2) is 0 Å². The van der Waals surface area contributed by atoms with Crippen molar-refractivity contribution < 1.29 is 19.9 Å². The molecule has 7 nitrogen and oxygen atoms in total. The Labute approximate surface area is 77.3 Å². The van der Waals surface area contributed by atoms with Crippen LogP contribution in [0, 0.1) is 0 Å². The van der Waals surface area contributed by atoms with Gasteiger partial charge in [-0.1, -0.05) is 11.2 Å². The minimum atomic E-state index is -0.708. The first kappa shape index (κ1) is 11.7. The smallest absolute Gasteiger partial charge is 0.323 e. The van der Waals surface area contributed by atoms with Gasteiger partial charge in [0.25, 0.3) is 0 Å². The second-order valence-corrected chi connectivity index (χ2v) is 3.46. The van der Waals surface area contributed by atoms with E-state index in [1.807, 2.05) is 0 Å². The molecule has 3 N–H and O–H groups in total. The highest BCUT2D eigenvalue weighted by molar-refractivity contribution is 7.89. The molecule has 8 heteroatoms. The van der Waals surface area contributed by atoms with Crippen molar-refractivity contribution in [2.75, 3.05) is 12.5 Å². The second kappa shape index (κ2) is 5.38. The molecule has 0 aliphatic carbocycles. The van der Waals surface area contributed by atoms with Crippen molar-refractivity contribution in [2.45, 2.75) is 0 Å².